The molecule has 4 nitrogen and oxygen atoms in total. The summed E-state index contributed by atoms with van der Waals surface area (Å²) in [4.78, 5) is 0. The fraction of sp³-hybridized carbons (Fsp3) is 1.00. The van der Waals surface area contributed by atoms with E-state index in [4.69, 9.17) is 0 Å². The van der Waals surface area contributed by atoms with Gasteiger partial charge in [0.1, 0.15) is 0 Å². The van der Waals surface area contributed by atoms with Crippen LogP contribution in [0.2, 0.25) is 0 Å². The van der Waals surface area contributed by atoms with Crippen LogP contribution in [-0.2, 0) is 10.0 Å². The monoisotopic (exact) mass is 236 g/mol. The lowest BCUT2D eigenvalue weighted by Crippen LogP contribution is -2.34. The van der Waals surface area contributed by atoms with Gasteiger partial charge in [-0.3, -0.25) is 0 Å². The minimum Gasteiger partial charge on any atom is -0.316 e. The standard InChI is InChI=1S/C10H24N2O2S/c1-4-6-7-9-12(3)15(13,14)10-8-11-5-2/h11H,4-10H2,1-3H3. The van der Waals surface area contributed by atoms with E-state index in [1.54, 1.807) is 7.05 Å². The van der Waals surface area contributed by atoms with Crippen LogP contribution in [0, 0.1) is 0 Å². The highest BCUT2D eigenvalue weighted by Crippen LogP contribution is 2.02. The van der Waals surface area contributed by atoms with Crippen LogP contribution < -0.4 is 5.32 Å². The Balaban J connectivity index is 3.86. The maximum atomic E-state index is 11.7. The van der Waals surface area contributed by atoms with Gasteiger partial charge in [-0.15, -0.1) is 0 Å². The van der Waals surface area contributed by atoms with E-state index in [1.807, 2.05) is 6.92 Å². The summed E-state index contributed by atoms with van der Waals surface area (Å²) >= 11 is 0. The van der Waals surface area contributed by atoms with Crippen molar-refractivity contribution >= 4 is 10.0 Å². The van der Waals surface area contributed by atoms with Crippen LogP contribution in [0.15, 0.2) is 0 Å². The molecule has 0 aromatic heterocycles. The maximum Gasteiger partial charge on any atom is 0.215 e. The number of sulfonamides is 1. The largest absolute Gasteiger partial charge is 0.316 e. The third kappa shape index (κ3) is 6.87. The van der Waals surface area contributed by atoms with E-state index < -0.39 is 10.0 Å². The molecule has 0 amide bonds. The second-order valence-corrected chi connectivity index (χ2v) is 5.89. The lowest BCUT2D eigenvalue weighted by atomic mass is 10.2. The molecule has 15 heavy (non-hydrogen) atoms. The van der Waals surface area contributed by atoms with Crippen LogP contribution in [0.3, 0.4) is 0 Å². The van der Waals surface area contributed by atoms with E-state index >= 15 is 0 Å². The number of hydrogen-bond donors (Lipinski definition) is 1. The van der Waals surface area contributed by atoms with Crippen molar-refractivity contribution in [3.63, 3.8) is 0 Å². The van der Waals surface area contributed by atoms with Gasteiger partial charge >= 0.3 is 0 Å². The zero-order valence-electron chi connectivity index (χ0n) is 10.1. The minimum atomic E-state index is -3.04. The van der Waals surface area contributed by atoms with E-state index in [9.17, 15) is 8.42 Å². The molecule has 0 atom stereocenters. The summed E-state index contributed by atoms with van der Waals surface area (Å²) in [6.07, 6.45) is 3.16. The fourth-order valence-corrected chi connectivity index (χ4v) is 2.38. The van der Waals surface area contributed by atoms with Gasteiger partial charge in [0.25, 0.3) is 0 Å². The van der Waals surface area contributed by atoms with E-state index in [0.717, 1.165) is 25.8 Å². The van der Waals surface area contributed by atoms with Crippen molar-refractivity contribution in [2.24, 2.45) is 0 Å². The molecule has 0 aliphatic rings. The molecule has 0 aromatic carbocycles. The number of nitrogens with zero attached hydrogens (tertiary/aromatic N) is 1. The van der Waals surface area contributed by atoms with Crippen molar-refractivity contribution in [2.45, 2.75) is 33.1 Å². The molecular formula is C10H24N2O2S. The lowest BCUT2D eigenvalue weighted by Gasteiger charge is -2.16. The third-order valence-corrected chi connectivity index (χ3v) is 4.19. The Morgan fingerprint density at radius 1 is 1.20 bits per heavy atom. The predicted molar refractivity (Wildman–Crippen MR) is 64.5 cm³/mol. The predicted octanol–water partition coefficient (Wildman–Crippen LogP) is 1.05. The summed E-state index contributed by atoms with van der Waals surface area (Å²) in [5.41, 5.74) is 0. The summed E-state index contributed by atoms with van der Waals surface area (Å²) in [7, 11) is -1.38. The second-order valence-electron chi connectivity index (χ2n) is 3.70. The van der Waals surface area contributed by atoms with Gasteiger partial charge in [0.05, 0.1) is 5.75 Å². The third-order valence-electron chi connectivity index (χ3n) is 2.34. The summed E-state index contributed by atoms with van der Waals surface area (Å²) in [5, 5.41) is 3.02. The van der Waals surface area contributed by atoms with Gasteiger partial charge in [-0.2, -0.15) is 0 Å². The van der Waals surface area contributed by atoms with Crippen molar-refractivity contribution in [3.05, 3.63) is 0 Å². The SMILES string of the molecule is CCCCCN(C)S(=O)(=O)CCNCC. The van der Waals surface area contributed by atoms with Gasteiger partial charge < -0.3 is 5.32 Å². The van der Waals surface area contributed by atoms with Crippen molar-refractivity contribution in [1.29, 1.82) is 0 Å². The fourth-order valence-electron chi connectivity index (χ4n) is 1.26. The first-order valence-electron chi connectivity index (χ1n) is 5.69. The van der Waals surface area contributed by atoms with Crippen LogP contribution in [0.25, 0.3) is 0 Å². The van der Waals surface area contributed by atoms with Crippen LogP contribution in [0.1, 0.15) is 33.1 Å². The van der Waals surface area contributed by atoms with Crippen molar-refractivity contribution in [3.8, 4) is 0 Å². The average molecular weight is 236 g/mol. The van der Waals surface area contributed by atoms with Crippen LogP contribution in [0.5, 0.6) is 0 Å². The highest BCUT2D eigenvalue weighted by molar-refractivity contribution is 7.89. The Kier molecular flexibility index (Phi) is 8.00. The molecule has 0 saturated heterocycles. The zero-order valence-corrected chi connectivity index (χ0v) is 10.9. The molecule has 5 heteroatoms. The first-order valence-corrected chi connectivity index (χ1v) is 7.30. The Morgan fingerprint density at radius 3 is 2.40 bits per heavy atom. The van der Waals surface area contributed by atoms with Crippen LogP contribution in [0.4, 0.5) is 0 Å². The van der Waals surface area contributed by atoms with E-state index in [0.29, 0.717) is 13.1 Å². The summed E-state index contributed by atoms with van der Waals surface area (Å²) < 4.78 is 24.8. The molecule has 92 valence electrons. The number of unbranched alkanes of at least 4 members (excludes halogenated alkanes) is 2. The highest BCUT2D eigenvalue weighted by atomic mass is 32.2. The second kappa shape index (κ2) is 8.07. The molecule has 0 rings (SSSR count). The van der Waals surface area contributed by atoms with Crippen molar-refractivity contribution in [1.82, 2.24) is 9.62 Å². The minimum absolute atomic E-state index is 0.198. The molecule has 0 spiro atoms. The molecule has 0 saturated carbocycles. The Morgan fingerprint density at radius 2 is 1.87 bits per heavy atom. The lowest BCUT2D eigenvalue weighted by molar-refractivity contribution is 0.453. The van der Waals surface area contributed by atoms with Crippen molar-refractivity contribution < 1.29 is 8.42 Å². The van der Waals surface area contributed by atoms with E-state index in [-0.39, 0.29) is 5.75 Å². The van der Waals surface area contributed by atoms with Crippen molar-refractivity contribution in [2.75, 3.05) is 32.4 Å². The molecule has 0 radical (unpaired) electrons. The average Bonchev–Trinajstić information content (AvgIpc) is 2.18. The summed E-state index contributed by atoms with van der Waals surface area (Å²) in [6, 6.07) is 0. The Hall–Kier alpha value is -0.130. The molecule has 0 aromatic rings. The molecule has 0 aliphatic heterocycles. The summed E-state index contributed by atoms with van der Waals surface area (Å²) in [6.45, 7) is 6.07. The quantitative estimate of drug-likeness (QED) is 0.609. The normalized spacial score (nSPS) is 12.3. The first kappa shape index (κ1) is 14.9. The number of hydrogen-bond acceptors (Lipinski definition) is 3. The van der Waals surface area contributed by atoms with Gasteiger partial charge in [0.15, 0.2) is 0 Å². The van der Waals surface area contributed by atoms with E-state index in [1.165, 1.54) is 4.31 Å². The van der Waals surface area contributed by atoms with Gasteiger partial charge in [0, 0.05) is 20.1 Å². The smallest absolute Gasteiger partial charge is 0.215 e. The van der Waals surface area contributed by atoms with Crippen LogP contribution >= 0.6 is 0 Å². The maximum absolute atomic E-state index is 11.7. The summed E-state index contributed by atoms with van der Waals surface area (Å²) in [5.74, 6) is 0.198. The Labute approximate surface area is 94.1 Å². The van der Waals surface area contributed by atoms with Gasteiger partial charge in [-0.05, 0) is 13.0 Å². The van der Waals surface area contributed by atoms with Gasteiger partial charge in [0.2, 0.25) is 10.0 Å². The van der Waals surface area contributed by atoms with Gasteiger partial charge in [-0.25, -0.2) is 12.7 Å². The molecule has 0 unspecified atom stereocenters. The van der Waals surface area contributed by atoms with Crippen LogP contribution in [-0.4, -0.2) is 45.2 Å². The zero-order chi connectivity index (χ0) is 11.7. The number of nitrogens with one attached hydrogen (secondary N) is 1. The van der Waals surface area contributed by atoms with Gasteiger partial charge in [-0.1, -0.05) is 26.7 Å². The molecule has 0 aliphatic carbocycles. The number of rotatable bonds is 9. The Bertz CT molecular complexity index is 240. The molecule has 0 heterocycles. The molecule has 0 fully saturated rings. The van der Waals surface area contributed by atoms with E-state index in [2.05, 4.69) is 12.2 Å². The molecular weight excluding hydrogens is 212 g/mol. The first-order chi connectivity index (χ1) is 7.04. The molecule has 0 bridgehead atoms. The topological polar surface area (TPSA) is 49.4 Å². The molecule has 1 N–H and O–H groups in total. The highest BCUT2D eigenvalue weighted by Gasteiger charge is 2.15.